The van der Waals surface area contributed by atoms with E-state index in [0.29, 0.717) is 5.56 Å². The first-order chi connectivity index (χ1) is 6.83. The lowest BCUT2D eigenvalue weighted by Crippen LogP contribution is -2.30. The van der Waals surface area contributed by atoms with Crippen LogP contribution in [0.1, 0.15) is 10.4 Å². The van der Waals surface area contributed by atoms with Gasteiger partial charge < -0.3 is 5.48 Å². The lowest BCUT2D eigenvalue weighted by molar-refractivity contribution is 0.0955. The van der Waals surface area contributed by atoms with E-state index >= 15 is 0 Å². The van der Waals surface area contributed by atoms with Gasteiger partial charge >= 0.3 is 0 Å². The van der Waals surface area contributed by atoms with Gasteiger partial charge in [-0.1, -0.05) is 18.2 Å². The lowest BCUT2D eigenvalue weighted by Gasteiger charge is -2.03. The Hall–Kier alpha value is -1.98. The van der Waals surface area contributed by atoms with Gasteiger partial charge in [0.1, 0.15) is 0 Å². The van der Waals surface area contributed by atoms with E-state index in [1.54, 1.807) is 12.3 Å². The number of nitrogens with one attached hydrogen (secondary N) is 1. The normalized spacial score (nSPS) is 9.40. The number of aromatic nitrogens is 1. The summed E-state index contributed by atoms with van der Waals surface area (Å²) < 4.78 is 0. The van der Waals surface area contributed by atoms with Crippen molar-refractivity contribution in [3.8, 4) is 0 Å². The molecule has 0 saturated heterocycles. The second kappa shape index (κ2) is 4.50. The average molecular weight is 205 g/mol. The Labute approximate surface area is 86.2 Å². The number of hydrogen-bond acceptors (Lipinski definition) is 3. The Balaban J connectivity index is 0.00000112. The molecule has 2 aromatic rings. The molecule has 5 heteroatoms. The highest BCUT2D eigenvalue weighted by molar-refractivity contribution is 6.05. The number of para-hydroxylation sites is 1. The number of hydrazine groups is 1. The van der Waals surface area contributed by atoms with Gasteiger partial charge in [-0.2, -0.15) is 0 Å². The molecule has 1 heterocycles. The maximum atomic E-state index is 11.4. The van der Waals surface area contributed by atoms with Gasteiger partial charge in [0.15, 0.2) is 0 Å². The average Bonchev–Trinajstić information content (AvgIpc) is 2.27. The third kappa shape index (κ3) is 1.93. The molecule has 2 rings (SSSR count). The van der Waals surface area contributed by atoms with Crippen LogP contribution in [0.4, 0.5) is 0 Å². The highest BCUT2D eigenvalue weighted by Gasteiger charge is 2.07. The molecule has 0 radical (unpaired) electrons. The highest BCUT2D eigenvalue weighted by Crippen LogP contribution is 2.15. The van der Waals surface area contributed by atoms with Crippen molar-refractivity contribution in [2.45, 2.75) is 0 Å². The monoisotopic (exact) mass is 205 g/mol. The van der Waals surface area contributed by atoms with E-state index in [2.05, 4.69) is 10.4 Å². The zero-order chi connectivity index (χ0) is 9.97. The van der Waals surface area contributed by atoms with E-state index < -0.39 is 0 Å². The van der Waals surface area contributed by atoms with Gasteiger partial charge in [-0.3, -0.25) is 15.2 Å². The number of nitrogen functional groups attached to an aromatic ring is 1. The van der Waals surface area contributed by atoms with Crippen molar-refractivity contribution in [3.63, 3.8) is 0 Å². The number of rotatable bonds is 1. The number of nitrogens with zero attached hydrogens (tertiary/aromatic N) is 1. The molecule has 0 spiro atoms. The molecule has 0 unspecified atom stereocenters. The first-order valence-corrected chi connectivity index (χ1v) is 4.17. The first kappa shape index (κ1) is 11.1. The summed E-state index contributed by atoms with van der Waals surface area (Å²) in [6.07, 6.45) is 1.59. The molecule has 78 valence electrons. The van der Waals surface area contributed by atoms with Crippen LogP contribution in [0.15, 0.2) is 36.5 Å². The molecular formula is C10H11N3O2. The van der Waals surface area contributed by atoms with Crippen LogP contribution in [0.25, 0.3) is 10.9 Å². The Kier molecular flexibility index (Phi) is 3.33. The standard InChI is InChI=1S/C10H9N3O.H2O/c11-13-10(14)8-5-6-12-9-4-2-1-3-7(8)9;/h1-6H,11H2,(H,13,14);1H2. The molecule has 0 aliphatic rings. The number of amides is 1. The predicted molar refractivity (Wildman–Crippen MR) is 57.0 cm³/mol. The number of fused-ring (bicyclic) bond motifs is 1. The van der Waals surface area contributed by atoms with Gasteiger partial charge in [0, 0.05) is 11.6 Å². The zero-order valence-electron chi connectivity index (χ0n) is 7.90. The van der Waals surface area contributed by atoms with Crippen LogP contribution in [0.5, 0.6) is 0 Å². The smallest absolute Gasteiger partial charge is 0.265 e. The summed E-state index contributed by atoms with van der Waals surface area (Å²) in [5.41, 5.74) is 3.43. The molecule has 0 aliphatic carbocycles. The van der Waals surface area contributed by atoms with Crippen LogP contribution in [-0.2, 0) is 0 Å². The summed E-state index contributed by atoms with van der Waals surface area (Å²) in [5, 5.41) is 0.804. The molecule has 0 bridgehead atoms. The summed E-state index contributed by atoms with van der Waals surface area (Å²) in [4.78, 5) is 15.5. The van der Waals surface area contributed by atoms with Crippen molar-refractivity contribution in [1.82, 2.24) is 10.4 Å². The fourth-order valence-electron chi connectivity index (χ4n) is 1.37. The fraction of sp³-hybridized carbons (Fsp3) is 0. The number of hydrogen-bond donors (Lipinski definition) is 2. The van der Waals surface area contributed by atoms with Crippen LogP contribution in [-0.4, -0.2) is 16.4 Å². The number of benzene rings is 1. The van der Waals surface area contributed by atoms with E-state index in [-0.39, 0.29) is 11.4 Å². The van der Waals surface area contributed by atoms with Crippen molar-refractivity contribution >= 4 is 16.8 Å². The zero-order valence-corrected chi connectivity index (χ0v) is 7.90. The van der Waals surface area contributed by atoms with Crippen LogP contribution in [0.2, 0.25) is 0 Å². The van der Waals surface area contributed by atoms with Crippen LogP contribution in [0, 0.1) is 0 Å². The minimum atomic E-state index is -0.302. The van der Waals surface area contributed by atoms with Gasteiger partial charge in [0.2, 0.25) is 0 Å². The third-order valence-electron chi connectivity index (χ3n) is 2.02. The molecule has 0 fully saturated rings. The second-order valence-corrected chi connectivity index (χ2v) is 2.85. The molecule has 1 amide bonds. The molecule has 0 atom stereocenters. The Bertz CT molecular complexity index is 480. The number of pyridine rings is 1. The largest absolute Gasteiger partial charge is 0.412 e. The molecule has 5 nitrogen and oxygen atoms in total. The minimum absolute atomic E-state index is 0. The number of nitrogens with two attached hydrogens (primary N) is 1. The van der Waals surface area contributed by atoms with E-state index in [1.165, 1.54) is 0 Å². The summed E-state index contributed by atoms with van der Waals surface area (Å²) in [7, 11) is 0. The summed E-state index contributed by atoms with van der Waals surface area (Å²) >= 11 is 0. The van der Waals surface area contributed by atoms with Crippen LogP contribution in [0.3, 0.4) is 0 Å². The van der Waals surface area contributed by atoms with E-state index in [1.807, 2.05) is 24.3 Å². The van der Waals surface area contributed by atoms with Crippen LogP contribution >= 0.6 is 0 Å². The maximum absolute atomic E-state index is 11.4. The predicted octanol–water partition coefficient (Wildman–Crippen LogP) is 0.0136. The number of carbonyl (C=O) groups excluding carboxylic acids is 1. The second-order valence-electron chi connectivity index (χ2n) is 2.85. The van der Waals surface area contributed by atoms with Gasteiger partial charge in [0.25, 0.3) is 5.91 Å². The van der Waals surface area contributed by atoms with Gasteiger partial charge in [0.05, 0.1) is 11.1 Å². The molecule has 0 aliphatic heterocycles. The summed E-state index contributed by atoms with van der Waals surface area (Å²) in [5.74, 6) is 4.77. The molecule has 15 heavy (non-hydrogen) atoms. The molecular weight excluding hydrogens is 194 g/mol. The van der Waals surface area contributed by atoms with Gasteiger partial charge in [-0.25, -0.2) is 5.84 Å². The molecule has 5 N–H and O–H groups in total. The first-order valence-electron chi connectivity index (χ1n) is 4.17. The van der Waals surface area contributed by atoms with E-state index in [4.69, 9.17) is 5.84 Å². The minimum Gasteiger partial charge on any atom is -0.412 e. The van der Waals surface area contributed by atoms with Crippen molar-refractivity contribution in [2.24, 2.45) is 5.84 Å². The summed E-state index contributed by atoms with van der Waals surface area (Å²) in [6, 6.07) is 9.07. The van der Waals surface area contributed by atoms with Crippen molar-refractivity contribution in [1.29, 1.82) is 0 Å². The topological polar surface area (TPSA) is 99.5 Å². The van der Waals surface area contributed by atoms with Gasteiger partial charge in [-0.15, -0.1) is 0 Å². The quantitative estimate of drug-likeness (QED) is 0.389. The fourth-order valence-corrected chi connectivity index (χ4v) is 1.37. The molecule has 1 aromatic carbocycles. The third-order valence-corrected chi connectivity index (χ3v) is 2.02. The maximum Gasteiger partial charge on any atom is 0.265 e. The SMILES string of the molecule is NNC(=O)c1ccnc2ccccc12.O. The highest BCUT2D eigenvalue weighted by atomic mass is 16.2. The molecule has 0 saturated carbocycles. The Morgan fingerprint density at radius 2 is 2.00 bits per heavy atom. The van der Waals surface area contributed by atoms with Crippen molar-refractivity contribution in [3.05, 3.63) is 42.1 Å². The molecule has 1 aromatic heterocycles. The lowest BCUT2D eigenvalue weighted by atomic mass is 10.1. The van der Waals surface area contributed by atoms with E-state index in [9.17, 15) is 4.79 Å². The van der Waals surface area contributed by atoms with Crippen molar-refractivity contribution in [2.75, 3.05) is 0 Å². The summed E-state index contributed by atoms with van der Waals surface area (Å²) in [6.45, 7) is 0. The van der Waals surface area contributed by atoms with E-state index in [0.717, 1.165) is 10.9 Å². The number of carbonyl (C=O) groups is 1. The Morgan fingerprint density at radius 3 is 2.73 bits per heavy atom. The van der Waals surface area contributed by atoms with Crippen LogP contribution < -0.4 is 11.3 Å². The van der Waals surface area contributed by atoms with Crippen molar-refractivity contribution < 1.29 is 10.3 Å². The Morgan fingerprint density at radius 1 is 1.27 bits per heavy atom. The van der Waals surface area contributed by atoms with Gasteiger partial charge in [-0.05, 0) is 12.1 Å².